The Hall–Kier alpha value is -0.930. The molecule has 0 saturated carbocycles. The zero-order valence-electron chi connectivity index (χ0n) is 11.1. The van der Waals surface area contributed by atoms with E-state index >= 15 is 0 Å². The van der Waals surface area contributed by atoms with Crippen molar-refractivity contribution in [2.24, 2.45) is 5.92 Å². The molecule has 0 aromatic carbocycles. The van der Waals surface area contributed by atoms with Crippen LogP contribution in [0.15, 0.2) is 24.5 Å². The monoisotopic (exact) mass is 236 g/mol. The minimum Gasteiger partial charge on any atom is -0.380 e. The van der Waals surface area contributed by atoms with Gasteiger partial charge < -0.3 is 10.1 Å². The van der Waals surface area contributed by atoms with Gasteiger partial charge in [-0.1, -0.05) is 13.8 Å². The Labute approximate surface area is 105 Å². The Morgan fingerprint density at radius 1 is 1.18 bits per heavy atom. The van der Waals surface area contributed by atoms with Crippen molar-refractivity contribution in [1.82, 2.24) is 10.3 Å². The van der Waals surface area contributed by atoms with E-state index < -0.39 is 0 Å². The molecule has 96 valence electrons. The van der Waals surface area contributed by atoms with Crippen LogP contribution in [0, 0.1) is 5.92 Å². The van der Waals surface area contributed by atoms with Gasteiger partial charge in [0.05, 0.1) is 6.61 Å². The maximum absolute atomic E-state index is 5.56. The van der Waals surface area contributed by atoms with Crippen molar-refractivity contribution in [3.63, 3.8) is 0 Å². The molecule has 1 unspecified atom stereocenters. The number of rotatable bonds is 8. The lowest BCUT2D eigenvalue weighted by Crippen LogP contribution is -2.23. The van der Waals surface area contributed by atoms with Crippen molar-refractivity contribution in [1.29, 1.82) is 0 Å². The Morgan fingerprint density at radius 2 is 1.88 bits per heavy atom. The summed E-state index contributed by atoms with van der Waals surface area (Å²) in [6.07, 6.45) is 4.79. The number of nitrogens with one attached hydrogen (secondary N) is 1. The minimum absolute atomic E-state index is 0.353. The van der Waals surface area contributed by atoms with Crippen LogP contribution in [0.3, 0.4) is 0 Å². The molecule has 0 radical (unpaired) electrons. The second-order valence-electron chi connectivity index (χ2n) is 4.75. The molecule has 1 aromatic rings. The fourth-order valence-electron chi connectivity index (χ4n) is 1.54. The Kier molecular flexibility index (Phi) is 6.82. The highest BCUT2D eigenvalue weighted by Crippen LogP contribution is 2.09. The number of pyridine rings is 1. The number of nitrogens with zero attached hydrogens (tertiary/aromatic N) is 1. The summed E-state index contributed by atoms with van der Waals surface area (Å²) in [5.41, 5.74) is 1.27. The first-order chi connectivity index (χ1) is 8.20. The van der Waals surface area contributed by atoms with Crippen molar-refractivity contribution in [3.8, 4) is 0 Å². The van der Waals surface area contributed by atoms with Gasteiger partial charge in [0.1, 0.15) is 0 Å². The Morgan fingerprint density at radius 3 is 2.53 bits per heavy atom. The van der Waals surface area contributed by atoms with E-state index in [2.05, 4.69) is 31.1 Å². The van der Waals surface area contributed by atoms with E-state index in [1.54, 1.807) is 0 Å². The van der Waals surface area contributed by atoms with E-state index in [9.17, 15) is 0 Å². The van der Waals surface area contributed by atoms with Crippen LogP contribution in [0.4, 0.5) is 0 Å². The van der Waals surface area contributed by atoms with Gasteiger partial charge in [-0.05, 0) is 37.0 Å². The first-order valence-corrected chi connectivity index (χ1v) is 6.41. The molecule has 1 N–H and O–H groups in total. The molecule has 0 aliphatic rings. The van der Waals surface area contributed by atoms with Gasteiger partial charge in [-0.3, -0.25) is 4.98 Å². The fourth-order valence-corrected chi connectivity index (χ4v) is 1.54. The number of hydrogen-bond acceptors (Lipinski definition) is 3. The molecular formula is C14H24N2O. The number of aromatic nitrogens is 1. The molecule has 17 heavy (non-hydrogen) atoms. The fraction of sp³-hybridized carbons (Fsp3) is 0.643. The van der Waals surface area contributed by atoms with Gasteiger partial charge in [0.2, 0.25) is 0 Å². The van der Waals surface area contributed by atoms with Crippen molar-refractivity contribution < 1.29 is 4.74 Å². The first kappa shape index (κ1) is 14.1. The van der Waals surface area contributed by atoms with E-state index in [0.29, 0.717) is 6.04 Å². The quantitative estimate of drug-likeness (QED) is 0.705. The second-order valence-corrected chi connectivity index (χ2v) is 4.75. The first-order valence-electron chi connectivity index (χ1n) is 6.41. The molecule has 0 fully saturated rings. The molecule has 1 atom stereocenters. The molecule has 0 bridgehead atoms. The van der Waals surface area contributed by atoms with Crippen LogP contribution >= 0.6 is 0 Å². The Bertz CT molecular complexity index is 288. The van der Waals surface area contributed by atoms with E-state index in [0.717, 1.165) is 32.1 Å². The van der Waals surface area contributed by atoms with Crippen molar-refractivity contribution in [3.05, 3.63) is 30.1 Å². The lowest BCUT2D eigenvalue weighted by molar-refractivity contribution is 0.123. The molecular weight excluding hydrogens is 212 g/mol. The summed E-state index contributed by atoms with van der Waals surface area (Å²) in [7, 11) is 0. The second kappa shape index (κ2) is 8.20. The molecule has 3 nitrogen and oxygen atoms in total. The van der Waals surface area contributed by atoms with Crippen LogP contribution in [0.1, 0.15) is 38.8 Å². The molecule has 0 aliphatic heterocycles. The van der Waals surface area contributed by atoms with E-state index in [1.165, 1.54) is 5.56 Å². The summed E-state index contributed by atoms with van der Waals surface area (Å²) < 4.78 is 5.56. The number of hydrogen-bond donors (Lipinski definition) is 1. The molecule has 0 saturated heterocycles. The average Bonchev–Trinajstić information content (AvgIpc) is 2.34. The summed E-state index contributed by atoms with van der Waals surface area (Å²) in [6.45, 7) is 9.12. The van der Waals surface area contributed by atoms with Crippen molar-refractivity contribution >= 4 is 0 Å². The van der Waals surface area contributed by atoms with Gasteiger partial charge in [-0.25, -0.2) is 0 Å². The molecule has 0 aliphatic carbocycles. The highest BCUT2D eigenvalue weighted by molar-refractivity contribution is 5.13. The van der Waals surface area contributed by atoms with Crippen molar-refractivity contribution in [2.45, 2.75) is 33.2 Å². The number of ether oxygens (including phenoxy) is 1. The van der Waals surface area contributed by atoms with Gasteiger partial charge in [0, 0.05) is 31.6 Å². The topological polar surface area (TPSA) is 34.1 Å². The largest absolute Gasteiger partial charge is 0.380 e. The van der Waals surface area contributed by atoms with Crippen LogP contribution in [0.25, 0.3) is 0 Å². The molecule has 1 aromatic heterocycles. The summed E-state index contributed by atoms with van der Waals surface area (Å²) in [4.78, 5) is 4.01. The van der Waals surface area contributed by atoms with Crippen LogP contribution in [-0.2, 0) is 4.74 Å². The van der Waals surface area contributed by atoms with E-state index in [4.69, 9.17) is 4.74 Å². The summed E-state index contributed by atoms with van der Waals surface area (Å²) in [5.74, 6) is 0.721. The predicted octanol–water partition coefficient (Wildman–Crippen LogP) is 2.79. The molecule has 1 rings (SSSR count). The van der Waals surface area contributed by atoms with Crippen LogP contribution < -0.4 is 5.32 Å². The van der Waals surface area contributed by atoms with Gasteiger partial charge in [-0.15, -0.1) is 0 Å². The summed E-state index contributed by atoms with van der Waals surface area (Å²) >= 11 is 0. The van der Waals surface area contributed by atoms with Crippen molar-refractivity contribution in [2.75, 3.05) is 19.8 Å². The maximum atomic E-state index is 5.56. The minimum atomic E-state index is 0.353. The zero-order valence-corrected chi connectivity index (χ0v) is 11.1. The van der Waals surface area contributed by atoms with Crippen LogP contribution in [0.5, 0.6) is 0 Å². The van der Waals surface area contributed by atoms with Gasteiger partial charge in [0.25, 0.3) is 0 Å². The molecule has 3 heteroatoms. The molecule has 0 spiro atoms. The normalized spacial score (nSPS) is 12.9. The maximum Gasteiger partial charge on any atom is 0.0591 e. The third-order valence-corrected chi connectivity index (χ3v) is 2.74. The average molecular weight is 236 g/mol. The van der Waals surface area contributed by atoms with Crippen LogP contribution in [0.2, 0.25) is 0 Å². The molecule has 0 amide bonds. The summed E-state index contributed by atoms with van der Waals surface area (Å²) in [6, 6.07) is 4.43. The SMILES string of the molecule is CC(C)CCOCCNC(C)c1ccncc1. The lowest BCUT2D eigenvalue weighted by Gasteiger charge is -2.14. The van der Waals surface area contributed by atoms with E-state index in [-0.39, 0.29) is 0 Å². The highest BCUT2D eigenvalue weighted by Gasteiger charge is 2.02. The van der Waals surface area contributed by atoms with Crippen LogP contribution in [-0.4, -0.2) is 24.7 Å². The smallest absolute Gasteiger partial charge is 0.0591 e. The third kappa shape index (κ3) is 6.39. The predicted molar refractivity (Wildman–Crippen MR) is 70.9 cm³/mol. The zero-order chi connectivity index (χ0) is 12.5. The van der Waals surface area contributed by atoms with Gasteiger partial charge >= 0.3 is 0 Å². The van der Waals surface area contributed by atoms with Gasteiger partial charge in [0.15, 0.2) is 0 Å². The highest BCUT2D eigenvalue weighted by atomic mass is 16.5. The lowest BCUT2D eigenvalue weighted by atomic mass is 10.1. The standard InChI is InChI=1S/C14H24N2O/c1-12(2)6-10-17-11-9-16-13(3)14-4-7-15-8-5-14/h4-5,7-8,12-13,16H,6,9-11H2,1-3H3. The van der Waals surface area contributed by atoms with Gasteiger partial charge in [-0.2, -0.15) is 0 Å². The third-order valence-electron chi connectivity index (χ3n) is 2.74. The van der Waals surface area contributed by atoms with E-state index in [1.807, 2.05) is 24.5 Å². The Balaban J connectivity index is 2.07. The molecule has 1 heterocycles. The summed E-state index contributed by atoms with van der Waals surface area (Å²) in [5, 5.41) is 3.43.